The molecule has 5 heteroatoms. The van der Waals surface area contributed by atoms with Gasteiger partial charge in [-0.15, -0.1) is 0 Å². The monoisotopic (exact) mass is 253 g/mol. The fourth-order valence-electron chi connectivity index (χ4n) is 1.32. The van der Waals surface area contributed by atoms with E-state index in [1.54, 1.807) is 12.1 Å². The number of rotatable bonds is 4. The van der Waals surface area contributed by atoms with E-state index in [0.29, 0.717) is 22.9 Å². The maximum absolute atomic E-state index is 11.1. The van der Waals surface area contributed by atoms with Crippen molar-refractivity contribution in [1.29, 1.82) is 5.26 Å². The van der Waals surface area contributed by atoms with Crippen LogP contribution < -0.4 is 4.74 Å². The van der Waals surface area contributed by atoms with Gasteiger partial charge in [-0.1, -0.05) is 17.7 Å². The van der Waals surface area contributed by atoms with Crippen LogP contribution in [0.2, 0.25) is 5.02 Å². The molecule has 1 N–H and O–H groups in total. The zero-order valence-corrected chi connectivity index (χ0v) is 10.3. The normalized spacial score (nSPS) is 13.5. The molecule has 0 aliphatic rings. The third-order valence-electron chi connectivity index (χ3n) is 2.46. The standard InChI is InChI=1S/C12H12ClNO3/c1-3-17-10-5-4-8(6-9(10)13)12(2,7-14)11(15)16/h4-6H,3H2,1-2H3,(H,15,16). The summed E-state index contributed by atoms with van der Waals surface area (Å²) >= 11 is 5.95. The number of nitriles is 1. The van der Waals surface area contributed by atoms with Gasteiger partial charge in [0.15, 0.2) is 5.41 Å². The summed E-state index contributed by atoms with van der Waals surface area (Å²) in [5.41, 5.74) is -1.27. The molecule has 0 amide bonds. The van der Waals surface area contributed by atoms with Crippen LogP contribution in [-0.2, 0) is 10.2 Å². The molecule has 0 aliphatic carbocycles. The number of ether oxygens (including phenoxy) is 1. The van der Waals surface area contributed by atoms with Crippen molar-refractivity contribution in [2.24, 2.45) is 0 Å². The fraction of sp³-hybridized carbons (Fsp3) is 0.333. The molecule has 0 heterocycles. The Morgan fingerprint density at radius 3 is 2.71 bits per heavy atom. The minimum atomic E-state index is -1.60. The van der Waals surface area contributed by atoms with Gasteiger partial charge in [0.05, 0.1) is 17.7 Å². The van der Waals surface area contributed by atoms with Gasteiger partial charge in [-0.3, -0.25) is 4.79 Å². The topological polar surface area (TPSA) is 70.3 Å². The van der Waals surface area contributed by atoms with E-state index in [4.69, 9.17) is 26.7 Å². The number of hydrogen-bond acceptors (Lipinski definition) is 3. The van der Waals surface area contributed by atoms with Crippen LogP contribution in [0.5, 0.6) is 5.75 Å². The van der Waals surface area contributed by atoms with Crippen LogP contribution in [0.4, 0.5) is 0 Å². The Morgan fingerprint density at radius 2 is 2.29 bits per heavy atom. The molecule has 1 aromatic carbocycles. The summed E-state index contributed by atoms with van der Waals surface area (Å²) in [4.78, 5) is 11.1. The average molecular weight is 254 g/mol. The first-order valence-electron chi connectivity index (χ1n) is 5.03. The van der Waals surface area contributed by atoms with Crippen LogP contribution in [0.3, 0.4) is 0 Å². The van der Waals surface area contributed by atoms with E-state index >= 15 is 0 Å². The van der Waals surface area contributed by atoms with Crippen LogP contribution in [0.15, 0.2) is 18.2 Å². The van der Waals surface area contributed by atoms with Crippen LogP contribution >= 0.6 is 11.6 Å². The molecule has 1 aromatic rings. The highest BCUT2D eigenvalue weighted by atomic mass is 35.5. The minimum absolute atomic E-state index is 0.298. The number of benzene rings is 1. The van der Waals surface area contributed by atoms with Gasteiger partial charge in [-0.25, -0.2) is 0 Å². The predicted octanol–water partition coefficient (Wildman–Crippen LogP) is 2.60. The summed E-state index contributed by atoms with van der Waals surface area (Å²) in [7, 11) is 0. The highest BCUT2D eigenvalue weighted by Gasteiger charge is 2.35. The predicted molar refractivity (Wildman–Crippen MR) is 63.2 cm³/mol. The van der Waals surface area contributed by atoms with Crippen LogP contribution in [0.25, 0.3) is 0 Å². The van der Waals surface area contributed by atoms with Gasteiger partial charge in [-0.2, -0.15) is 5.26 Å². The van der Waals surface area contributed by atoms with E-state index in [0.717, 1.165) is 0 Å². The molecular weight excluding hydrogens is 242 g/mol. The number of halogens is 1. The Bertz CT molecular complexity index is 481. The second-order valence-electron chi connectivity index (χ2n) is 3.62. The lowest BCUT2D eigenvalue weighted by Gasteiger charge is -2.17. The average Bonchev–Trinajstić information content (AvgIpc) is 2.30. The molecule has 0 aromatic heterocycles. The molecule has 1 rings (SSSR count). The van der Waals surface area contributed by atoms with Gasteiger partial charge < -0.3 is 9.84 Å². The molecular formula is C12H12ClNO3. The largest absolute Gasteiger partial charge is 0.492 e. The molecule has 4 nitrogen and oxygen atoms in total. The first kappa shape index (κ1) is 13.3. The molecule has 0 aliphatic heterocycles. The quantitative estimate of drug-likeness (QED) is 0.895. The van der Waals surface area contributed by atoms with Gasteiger partial charge in [0.1, 0.15) is 5.75 Å². The highest BCUT2D eigenvalue weighted by Crippen LogP contribution is 2.31. The van der Waals surface area contributed by atoms with E-state index < -0.39 is 11.4 Å². The van der Waals surface area contributed by atoms with E-state index in [2.05, 4.69) is 0 Å². The summed E-state index contributed by atoms with van der Waals surface area (Å²) < 4.78 is 5.24. The Morgan fingerprint density at radius 1 is 1.65 bits per heavy atom. The third kappa shape index (κ3) is 2.51. The zero-order chi connectivity index (χ0) is 13.1. The molecule has 1 atom stereocenters. The van der Waals surface area contributed by atoms with Gasteiger partial charge in [0, 0.05) is 0 Å². The number of aliphatic carboxylic acids is 1. The summed E-state index contributed by atoms with van der Waals surface area (Å²) in [5.74, 6) is -0.733. The van der Waals surface area contributed by atoms with E-state index in [1.165, 1.54) is 19.1 Å². The van der Waals surface area contributed by atoms with Crippen LogP contribution in [-0.4, -0.2) is 17.7 Å². The van der Waals surface area contributed by atoms with Crippen molar-refractivity contribution in [1.82, 2.24) is 0 Å². The van der Waals surface area contributed by atoms with Crippen molar-refractivity contribution < 1.29 is 14.6 Å². The van der Waals surface area contributed by atoms with Crippen molar-refractivity contribution in [2.45, 2.75) is 19.3 Å². The van der Waals surface area contributed by atoms with Gasteiger partial charge in [0.25, 0.3) is 0 Å². The number of hydrogen-bond donors (Lipinski definition) is 1. The maximum Gasteiger partial charge on any atom is 0.328 e. The Balaban J connectivity index is 3.22. The van der Waals surface area contributed by atoms with Gasteiger partial charge >= 0.3 is 5.97 Å². The molecule has 1 unspecified atom stereocenters. The van der Waals surface area contributed by atoms with Crippen molar-refractivity contribution in [2.75, 3.05) is 6.61 Å². The minimum Gasteiger partial charge on any atom is -0.492 e. The van der Waals surface area contributed by atoms with Crippen molar-refractivity contribution >= 4 is 17.6 Å². The lowest BCUT2D eigenvalue weighted by Crippen LogP contribution is -2.30. The van der Waals surface area contributed by atoms with Crippen molar-refractivity contribution in [3.8, 4) is 11.8 Å². The zero-order valence-electron chi connectivity index (χ0n) is 9.53. The summed E-state index contributed by atoms with van der Waals surface area (Å²) in [5, 5.41) is 18.3. The van der Waals surface area contributed by atoms with Gasteiger partial charge in [-0.05, 0) is 31.5 Å². The molecule has 0 saturated heterocycles. The number of nitrogens with zero attached hydrogens (tertiary/aromatic N) is 1. The van der Waals surface area contributed by atoms with Gasteiger partial charge in [0.2, 0.25) is 0 Å². The van der Waals surface area contributed by atoms with Crippen LogP contribution in [0, 0.1) is 11.3 Å². The SMILES string of the molecule is CCOc1ccc(C(C)(C#N)C(=O)O)cc1Cl. The number of carbonyl (C=O) groups is 1. The third-order valence-corrected chi connectivity index (χ3v) is 2.76. The van der Waals surface area contributed by atoms with E-state index in [9.17, 15) is 4.79 Å². The molecule has 0 radical (unpaired) electrons. The molecule has 0 spiro atoms. The number of carboxylic acids is 1. The highest BCUT2D eigenvalue weighted by molar-refractivity contribution is 6.32. The number of carboxylic acid groups (broad SMARTS) is 1. The Hall–Kier alpha value is -1.73. The lowest BCUT2D eigenvalue weighted by molar-refractivity contribution is -0.141. The molecule has 90 valence electrons. The van der Waals surface area contributed by atoms with E-state index in [1.807, 2.05) is 6.92 Å². The van der Waals surface area contributed by atoms with Crippen molar-refractivity contribution in [3.05, 3.63) is 28.8 Å². The molecule has 0 fully saturated rings. The summed E-state index contributed by atoms with van der Waals surface area (Å²) in [6.45, 7) is 3.62. The molecule has 0 saturated carbocycles. The molecule has 17 heavy (non-hydrogen) atoms. The summed E-state index contributed by atoms with van der Waals surface area (Å²) in [6, 6.07) is 6.33. The smallest absolute Gasteiger partial charge is 0.328 e. The molecule has 0 bridgehead atoms. The maximum atomic E-state index is 11.1. The fourth-order valence-corrected chi connectivity index (χ4v) is 1.56. The Labute approximate surface area is 104 Å². The second kappa shape index (κ2) is 5.07. The van der Waals surface area contributed by atoms with Crippen molar-refractivity contribution in [3.63, 3.8) is 0 Å². The first-order valence-corrected chi connectivity index (χ1v) is 5.41. The van der Waals surface area contributed by atoms with Crippen LogP contribution in [0.1, 0.15) is 19.4 Å². The second-order valence-corrected chi connectivity index (χ2v) is 4.03. The first-order chi connectivity index (χ1) is 7.95. The summed E-state index contributed by atoms with van der Waals surface area (Å²) in [6.07, 6.45) is 0. The Kier molecular flexibility index (Phi) is 3.97. The van der Waals surface area contributed by atoms with E-state index in [-0.39, 0.29) is 0 Å². The lowest BCUT2D eigenvalue weighted by atomic mass is 9.84.